The molecule has 0 saturated carbocycles. The first-order chi connectivity index (χ1) is 13.0. The van der Waals surface area contributed by atoms with Crippen LogP contribution in [-0.4, -0.2) is 38.0 Å². The molecule has 4 N–H and O–H groups in total. The predicted octanol–water partition coefficient (Wildman–Crippen LogP) is 4.95. The van der Waals surface area contributed by atoms with Crippen LogP contribution in [0.5, 0.6) is 0 Å². The minimum absolute atomic E-state index is 0.250. The molecule has 0 aliphatic carbocycles. The smallest absolute Gasteiger partial charge is 0.204 e. The second-order valence-corrected chi connectivity index (χ2v) is 6.63. The topological polar surface area (TPSA) is 101 Å². The Morgan fingerprint density at radius 2 is 2.04 bits per heavy atom. The molecule has 1 aromatic heterocycles. The van der Waals surface area contributed by atoms with Crippen molar-refractivity contribution < 1.29 is 9.53 Å². The number of hydrogen-bond donors (Lipinski definition) is 3. The number of anilines is 1. The maximum absolute atomic E-state index is 8.58. The van der Waals surface area contributed by atoms with Crippen molar-refractivity contribution in [1.29, 1.82) is 5.41 Å². The van der Waals surface area contributed by atoms with E-state index < -0.39 is 0 Å². The van der Waals surface area contributed by atoms with Crippen LogP contribution in [0.25, 0.3) is 5.57 Å². The van der Waals surface area contributed by atoms with Crippen LogP contribution in [-0.2, 0) is 9.53 Å². The van der Waals surface area contributed by atoms with Crippen LogP contribution in [0.15, 0.2) is 33.9 Å². The number of primary amides is 1. The van der Waals surface area contributed by atoms with Gasteiger partial charge in [0.1, 0.15) is 5.82 Å². The van der Waals surface area contributed by atoms with E-state index in [0.29, 0.717) is 0 Å². The summed E-state index contributed by atoms with van der Waals surface area (Å²) in [5, 5.41) is 10.8. The van der Waals surface area contributed by atoms with E-state index in [1.54, 1.807) is 30.2 Å². The fourth-order valence-corrected chi connectivity index (χ4v) is 3.36. The summed E-state index contributed by atoms with van der Waals surface area (Å²) in [6, 6.07) is 0. The fourth-order valence-electron chi connectivity index (χ4n) is 1.78. The molecule has 0 aromatic carbocycles. The van der Waals surface area contributed by atoms with Crippen molar-refractivity contribution in [2.24, 2.45) is 5.73 Å². The quantitative estimate of drug-likeness (QED) is 0.184. The highest BCUT2D eigenvalue weighted by Crippen LogP contribution is 2.34. The lowest BCUT2D eigenvalue weighted by molar-refractivity contribution is -0.106. The molecule has 0 spiro atoms. The van der Waals surface area contributed by atoms with Crippen molar-refractivity contribution in [3.8, 4) is 0 Å². The van der Waals surface area contributed by atoms with Gasteiger partial charge in [-0.25, -0.2) is 4.98 Å². The van der Waals surface area contributed by atoms with Gasteiger partial charge in [0.2, 0.25) is 6.41 Å². The van der Waals surface area contributed by atoms with E-state index >= 15 is 0 Å². The number of nitrogens with one attached hydrogen (secondary N) is 2. The van der Waals surface area contributed by atoms with Gasteiger partial charge in [0, 0.05) is 18.8 Å². The van der Waals surface area contributed by atoms with E-state index in [1.165, 1.54) is 6.21 Å². The average molecular weight is 413 g/mol. The molecule has 0 bridgehead atoms. The van der Waals surface area contributed by atoms with Crippen LogP contribution < -0.4 is 11.1 Å². The highest BCUT2D eigenvalue weighted by molar-refractivity contribution is 8.00. The summed E-state index contributed by atoms with van der Waals surface area (Å²) in [7, 11) is 3.52. The van der Waals surface area contributed by atoms with E-state index in [0.717, 1.165) is 38.4 Å². The largest absolute Gasteiger partial charge is 0.501 e. The average Bonchev–Trinajstić information content (AvgIpc) is 3.12. The van der Waals surface area contributed by atoms with Gasteiger partial charge in [0.05, 0.1) is 17.7 Å². The van der Waals surface area contributed by atoms with Crippen LogP contribution in [0.4, 0.5) is 5.82 Å². The summed E-state index contributed by atoms with van der Waals surface area (Å²) in [5.74, 6) is 1.70. The number of rotatable bonds is 8. The fraction of sp³-hybridized carbons (Fsp3) is 0.421. The van der Waals surface area contributed by atoms with Crippen LogP contribution in [0.2, 0.25) is 0 Å². The normalized spacial score (nSPS) is 11.4. The number of hydrogen-bond acceptors (Lipinski definition) is 7. The van der Waals surface area contributed by atoms with E-state index in [-0.39, 0.29) is 6.41 Å². The van der Waals surface area contributed by atoms with Gasteiger partial charge in [-0.2, -0.15) is 0 Å². The molecular formula is C19H32N4O2S2. The molecule has 6 nitrogen and oxygen atoms in total. The molecule has 0 fully saturated rings. The van der Waals surface area contributed by atoms with E-state index in [9.17, 15) is 0 Å². The molecule has 0 atom stereocenters. The Kier molecular flexibility index (Phi) is 17.5. The zero-order valence-corrected chi connectivity index (χ0v) is 18.9. The monoisotopic (exact) mass is 412 g/mol. The minimum atomic E-state index is 0.250. The summed E-state index contributed by atoms with van der Waals surface area (Å²) in [6.45, 7) is 7.93. The molecule has 0 aliphatic heterocycles. The van der Waals surface area contributed by atoms with Gasteiger partial charge in [0.15, 0.2) is 4.34 Å². The van der Waals surface area contributed by atoms with Crippen LogP contribution in [0.1, 0.15) is 39.0 Å². The van der Waals surface area contributed by atoms with Crippen LogP contribution in [0, 0.1) is 5.41 Å². The second kappa shape index (κ2) is 17.4. The SMILES string of the molecule is C/C=C(\C=C(/C)OC)C/C=C(\C=N)c1sc(SC)nc1NC.CC.NC=O. The van der Waals surface area contributed by atoms with Crippen molar-refractivity contribution in [2.75, 3.05) is 25.7 Å². The van der Waals surface area contributed by atoms with Crippen LogP contribution in [0.3, 0.4) is 0 Å². The summed E-state index contributed by atoms with van der Waals surface area (Å²) in [4.78, 5) is 14.1. The van der Waals surface area contributed by atoms with E-state index in [2.05, 4.69) is 28.2 Å². The van der Waals surface area contributed by atoms with E-state index in [4.69, 9.17) is 14.9 Å². The molecule has 8 heteroatoms. The Morgan fingerprint density at radius 1 is 1.44 bits per heavy atom. The van der Waals surface area contributed by atoms with Crippen molar-refractivity contribution in [2.45, 2.75) is 38.5 Å². The number of carbonyl (C=O) groups excluding carboxylic acids is 1. The van der Waals surface area contributed by atoms with Gasteiger partial charge in [-0.05, 0) is 38.2 Å². The predicted molar refractivity (Wildman–Crippen MR) is 121 cm³/mol. The Bertz CT molecular complexity index is 650. The van der Waals surface area contributed by atoms with E-state index in [1.807, 2.05) is 47.1 Å². The minimum Gasteiger partial charge on any atom is -0.501 e. The summed E-state index contributed by atoms with van der Waals surface area (Å²) in [6.07, 6.45) is 10.5. The molecule has 0 radical (unpaired) electrons. The number of nitrogens with two attached hydrogens (primary N) is 1. The summed E-state index contributed by atoms with van der Waals surface area (Å²) in [5.41, 5.74) is 6.20. The molecule has 1 rings (SSSR count). The first kappa shape index (κ1) is 27.2. The number of thiazole rings is 1. The van der Waals surface area contributed by atoms with Gasteiger partial charge in [0.25, 0.3) is 0 Å². The lowest BCUT2D eigenvalue weighted by atomic mass is 10.1. The zero-order valence-electron chi connectivity index (χ0n) is 17.3. The Morgan fingerprint density at radius 3 is 2.44 bits per heavy atom. The molecule has 152 valence electrons. The first-order valence-electron chi connectivity index (χ1n) is 8.47. The molecule has 0 unspecified atom stereocenters. The Hall–Kier alpha value is -2.06. The third-order valence-electron chi connectivity index (χ3n) is 3.08. The Balaban J connectivity index is 0. The number of nitrogens with zero attached hydrogens (tertiary/aromatic N) is 1. The zero-order chi connectivity index (χ0) is 21.2. The highest BCUT2D eigenvalue weighted by Gasteiger charge is 2.12. The van der Waals surface area contributed by atoms with Crippen molar-refractivity contribution >= 4 is 47.1 Å². The molecule has 1 aromatic rings. The van der Waals surface area contributed by atoms with Crippen molar-refractivity contribution in [1.82, 2.24) is 4.98 Å². The van der Waals surface area contributed by atoms with Crippen molar-refractivity contribution in [3.05, 3.63) is 34.4 Å². The number of carbonyl (C=O) groups is 1. The number of allylic oxidation sites excluding steroid dienone is 6. The number of amides is 1. The highest BCUT2D eigenvalue weighted by atomic mass is 32.2. The maximum atomic E-state index is 8.58. The van der Waals surface area contributed by atoms with Crippen LogP contribution >= 0.6 is 23.1 Å². The lowest BCUT2D eigenvalue weighted by Crippen LogP contribution is -1.93. The molecule has 27 heavy (non-hydrogen) atoms. The Labute approximate surface area is 171 Å². The van der Waals surface area contributed by atoms with Gasteiger partial charge in [-0.3, -0.25) is 4.79 Å². The van der Waals surface area contributed by atoms with Gasteiger partial charge in [-0.15, -0.1) is 11.3 Å². The standard InChI is InChI=1S/C16H23N3OS2.C2H6.CH3NO/c1-6-12(9-11(2)20-4)7-8-13(10-17)14-15(18-3)19-16(21-5)22-14;1-2;2-1-3/h6,8-10,17-18H,7H2,1-5H3;1-2H3;1H,(H2,2,3)/b11-9+,12-6-,13-8+,17-10?;;. The molecule has 1 amide bonds. The maximum Gasteiger partial charge on any atom is 0.204 e. The lowest BCUT2D eigenvalue weighted by Gasteiger charge is -2.04. The van der Waals surface area contributed by atoms with Gasteiger partial charge in [-0.1, -0.05) is 37.8 Å². The molecule has 0 saturated heterocycles. The van der Waals surface area contributed by atoms with Crippen molar-refractivity contribution in [3.63, 3.8) is 0 Å². The first-order valence-corrected chi connectivity index (χ1v) is 10.5. The van der Waals surface area contributed by atoms with Gasteiger partial charge >= 0.3 is 0 Å². The second-order valence-electron chi connectivity index (χ2n) is 4.58. The molecule has 1 heterocycles. The number of thioether (sulfide) groups is 1. The summed E-state index contributed by atoms with van der Waals surface area (Å²) < 4.78 is 6.18. The summed E-state index contributed by atoms with van der Waals surface area (Å²) >= 11 is 3.22. The molecular weight excluding hydrogens is 380 g/mol. The third kappa shape index (κ3) is 10.6. The third-order valence-corrected chi connectivity index (χ3v) is 5.17. The number of ether oxygens (including phenoxy) is 1. The molecule has 0 aliphatic rings. The number of methoxy groups -OCH3 is 1. The van der Waals surface area contributed by atoms with Gasteiger partial charge < -0.3 is 21.2 Å². The number of aromatic nitrogens is 1.